The second kappa shape index (κ2) is 10.5. The standard InChI is InChI=1S/C29H30N6OS/c1-19-9-11-22(12-10-19)32-26(36)13-16-34-28(27(33-29(34)37)25-8-4-5-15-31-25)24-17-20(2)35(21(24)3)23-7-6-14-30-18-23/h4-12,14-15,17-18,27-28H,13,16H2,1-3H3,(H,32,36)(H,33,37)/t27-,28-/m0/s1. The minimum atomic E-state index is -0.142. The number of hydrogen-bond acceptors (Lipinski definition) is 4. The van der Waals surface area contributed by atoms with E-state index in [1.165, 1.54) is 0 Å². The van der Waals surface area contributed by atoms with Gasteiger partial charge in [-0.05, 0) is 81.0 Å². The summed E-state index contributed by atoms with van der Waals surface area (Å²) in [5.74, 6) is -0.0486. The summed E-state index contributed by atoms with van der Waals surface area (Å²) in [5, 5.41) is 7.10. The summed E-state index contributed by atoms with van der Waals surface area (Å²) in [6.45, 7) is 6.72. The van der Waals surface area contributed by atoms with Crippen LogP contribution in [0.25, 0.3) is 5.69 Å². The van der Waals surface area contributed by atoms with Crippen molar-refractivity contribution in [2.75, 3.05) is 11.9 Å². The number of benzene rings is 1. The molecule has 4 heterocycles. The number of hydrogen-bond donors (Lipinski definition) is 2. The van der Waals surface area contributed by atoms with Gasteiger partial charge in [-0.2, -0.15) is 0 Å². The fourth-order valence-electron chi connectivity index (χ4n) is 5.04. The van der Waals surface area contributed by atoms with Gasteiger partial charge in [0.05, 0.1) is 29.7 Å². The highest BCUT2D eigenvalue weighted by Crippen LogP contribution is 2.41. The molecule has 4 aromatic rings. The lowest BCUT2D eigenvalue weighted by molar-refractivity contribution is -0.116. The minimum absolute atomic E-state index is 0.0486. The van der Waals surface area contributed by atoms with E-state index in [2.05, 4.69) is 56.0 Å². The number of nitrogens with zero attached hydrogens (tertiary/aromatic N) is 4. The maximum atomic E-state index is 12.8. The van der Waals surface area contributed by atoms with E-state index in [9.17, 15) is 4.79 Å². The topological polar surface area (TPSA) is 75.1 Å². The van der Waals surface area contributed by atoms with Gasteiger partial charge in [0.2, 0.25) is 5.91 Å². The van der Waals surface area contributed by atoms with Crippen molar-refractivity contribution in [3.8, 4) is 5.69 Å². The molecule has 0 aliphatic carbocycles. The van der Waals surface area contributed by atoms with Crippen LogP contribution in [0, 0.1) is 20.8 Å². The van der Waals surface area contributed by atoms with Gasteiger partial charge in [-0.1, -0.05) is 23.8 Å². The van der Waals surface area contributed by atoms with Gasteiger partial charge in [0.15, 0.2) is 5.11 Å². The first-order valence-electron chi connectivity index (χ1n) is 12.4. The van der Waals surface area contributed by atoms with Crippen LogP contribution in [-0.2, 0) is 4.79 Å². The molecule has 7 nitrogen and oxygen atoms in total. The van der Waals surface area contributed by atoms with Crippen LogP contribution in [-0.4, -0.2) is 37.0 Å². The lowest BCUT2D eigenvalue weighted by atomic mass is 9.96. The van der Waals surface area contributed by atoms with E-state index >= 15 is 0 Å². The van der Waals surface area contributed by atoms with Crippen molar-refractivity contribution < 1.29 is 4.79 Å². The molecule has 0 radical (unpaired) electrons. The van der Waals surface area contributed by atoms with Crippen LogP contribution < -0.4 is 10.6 Å². The molecule has 5 rings (SSSR count). The Hall–Kier alpha value is -4.04. The molecule has 0 saturated carbocycles. The Morgan fingerprint density at radius 3 is 2.57 bits per heavy atom. The zero-order chi connectivity index (χ0) is 25.9. The summed E-state index contributed by atoms with van der Waals surface area (Å²) in [5.41, 5.74) is 7.22. The molecule has 1 aliphatic rings. The van der Waals surface area contributed by atoms with Gasteiger partial charge in [-0.15, -0.1) is 0 Å². The highest BCUT2D eigenvalue weighted by atomic mass is 32.1. The summed E-state index contributed by atoms with van der Waals surface area (Å²) in [6, 6.07) is 19.7. The molecule has 37 heavy (non-hydrogen) atoms. The van der Waals surface area contributed by atoms with E-state index < -0.39 is 0 Å². The molecule has 188 valence electrons. The average Bonchev–Trinajstić information content (AvgIpc) is 3.39. The molecule has 2 atom stereocenters. The molecule has 1 aliphatic heterocycles. The van der Waals surface area contributed by atoms with E-state index in [0.29, 0.717) is 18.1 Å². The second-order valence-corrected chi connectivity index (χ2v) is 9.74. The molecule has 1 aromatic carbocycles. The first-order chi connectivity index (χ1) is 17.9. The maximum Gasteiger partial charge on any atom is 0.226 e. The predicted octanol–water partition coefficient (Wildman–Crippen LogP) is 5.19. The summed E-state index contributed by atoms with van der Waals surface area (Å²) < 4.78 is 2.21. The van der Waals surface area contributed by atoms with Crippen LogP contribution in [0.3, 0.4) is 0 Å². The van der Waals surface area contributed by atoms with Crippen molar-refractivity contribution in [1.82, 2.24) is 24.8 Å². The quantitative estimate of drug-likeness (QED) is 0.333. The Kier molecular flexibility index (Phi) is 7.01. The fourth-order valence-corrected chi connectivity index (χ4v) is 5.37. The van der Waals surface area contributed by atoms with Crippen molar-refractivity contribution >= 4 is 28.9 Å². The van der Waals surface area contributed by atoms with E-state index in [-0.39, 0.29) is 18.0 Å². The Balaban J connectivity index is 1.45. The third-order valence-corrected chi connectivity index (χ3v) is 7.16. The first-order valence-corrected chi connectivity index (χ1v) is 12.8. The summed E-state index contributed by atoms with van der Waals surface area (Å²) >= 11 is 5.81. The van der Waals surface area contributed by atoms with Crippen LogP contribution in [0.4, 0.5) is 5.69 Å². The molecule has 0 bridgehead atoms. The summed E-state index contributed by atoms with van der Waals surface area (Å²) in [6.07, 6.45) is 5.75. The van der Waals surface area contributed by atoms with E-state index in [1.54, 1.807) is 12.4 Å². The van der Waals surface area contributed by atoms with Crippen LogP contribution in [0.15, 0.2) is 79.3 Å². The first kappa shape index (κ1) is 24.6. The number of aryl methyl sites for hydroxylation is 2. The number of rotatable bonds is 7. The number of pyridine rings is 2. The Labute approximate surface area is 222 Å². The van der Waals surface area contributed by atoms with Crippen LogP contribution in [0.2, 0.25) is 0 Å². The lowest BCUT2D eigenvalue weighted by Crippen LogP contribution is -2.32. The fraction of sp³-hybridized carbons (Fsp3) is 0.241. The van der Waals surface area contributed by atoms with Crippen LogP contribution in [0.5, 0.6) is 0 Å². The lowest BCUT2D eigenvalue weighted by Gasteiger charge is -2.28. The minimum Gasteiger partial charge on any atom is -0.352 e. The predicted molar refractivity (Wildman–Crippen MR) is 150 cm³/mol. The van der Waals surface area contributed by atoms with Crippen molar-refractivity contribution in [3.63, 3.8) is 0 Å². The van der Waals surface area contributed by atoms with E-state index in [0.717, 1.165) is 39.6 Å². The molecule has 3 aromatic heterocycles. The number of amides is 1. The smallest absolute Gasteiger partial charge is 0.226 e. The molecule has 0 unspecified atom stereocenters. The molecule has 1 amide bonds. The number of anilines is 1. The largest absolute Gasteiger partial charge is 0.352 e. The second-order valence-electron chi connectivity index (χ2n) is 9.36. The maximum absolute atomic E-state index is 12.8. The van der Waals surface area contributed by atoms with Gasteiger partial charge in [0.25, 0.3) is 0 Å². The molecule has 8 heteroatoms. The molecule has 1 saturated heterocycles. The summed E-state index contributed by atoms with van der Waals surface area (Å²) in [7, 11) is 0. The normalized spacial score (nSPS) is 17.1. The molecule has 1 fully saturated rings. The zero-order valence-electron chi connectivity index (χ0n) is 21.2. The van der Waals surface area contributed by atoms with E-state index in [1.807, 2.05) is 61.7 Å². The molecular weight excluding hydrogens is 480 g/mol. The number of carbonyl (C=O) groups excluding carboxylic acids is 1. The number of thiocarbonyl (C=S) groups is 1. The van der Waals surface area contributed by atoms with Gasteiger partial charge in [-0.25, -0.2) is 0 Å². The monoisotopic (exact) mass is 510 g/mol. The van der Waals surface area contributed by atoms with Crippen molar-refractivity contribution in [3.05, 3.63) is 107 Å². The van der Waals surface area contributed by atoms with Gasteiger partial charge in [-0.3, -0.25) is 14.8 Å². The number of carbonyl (C=O) groups is 1. The number of nitrogens with one attached hydrogen (secondary N) is 2. The zero-order valence-corrected chi connectivity index (χ0v) is 22.0. The molecule has 2 N–H and O–H groups in total. The Bertz CT molecular complexity index is 1400. The van der Waals surface area contributed by atoms with E-state index in [4.69, 9.17) is 12.2 Å². The average molecular weight is 511 g/mol. The van der Waals surface area contributed by atoms with Crippen molar-refractivity contribution in [2.24, 2.45) is 0 Å². The highest BCUT2D eigenvalue weighted by molar-refractivity contribution is 7.80. The van der Waals surface area contributed by atoms with Crippen molar-refractivity contribution in [2.45, 2.75) is 39.3 Å². The Morgan fingerprint density at radius 1 is 1.05 bits per heavy atom. The van der Waals surface area contributed by atoms with Gasteiger partial charge in [0, 0.05) is 42.4 Å². The molecule has 0 spiro atoms. The molecular formula is C29H30N6OS. The third kappa shape index (κ3) is 5.11. The van der Waals surface area contributed by atoms with Crippen LogP contribution in [0.1, 0.15) is 46.7 Å². The SMILES string of the molecule is Cc1ccc(NC(=O)CCN2C(=S)N[C@@H](c3ccccn3)[C@@H]2c2cc(C)n(-c3cccnc3)c2C)cc1. The van der Waals surface area contributed by atoms with Gasteiger partial charge in [0.1, 0.15) is 0 Å². The highest BCUT2D eigenvalue weighted by Gasteiger charge is 2.41. The van der Waals surface area contributed by atoms with Crippen LogP contribution >= 0.6 is 12.2 Å². The summed E-state index contributed by atoms with van der Waals surface area (Å²) in [4.78, 5) is 23.9. The number of aromatic nitrogens is 3. The van der Waals surface area contributed by atoms with Gasteiger partial charge >= 0.3 is 0 Å². The third-order valence-electron chi connectivity index (χ3n) is 6.81. The Morgan fingerprint density at radius 2 is 1.86 bits per heavy atom. The van der Waals surface area contributed by atoms with Gasteiger partial charge < -0.3 is 20.1 Å². The van der Waals surface area contributed by atoms with Crippen molar-refractivity contribution in [1.29, 1.82) is 0 Å².